The Morgan fingerprint density at radius 2 is 2.05 bits per heavy atom. The number of hydrogen-bond acceptors (Lipinski definition) is 9. The lowest BCUT2D eigenvalue weighted by molar-refractivity contribution is 0.122. The van der Waals surface area contributed by atoms with Gasteiger partial charge in [0, 0.05) is 48.2 Å². The summed E-state index contributed by atoms with van der Waals surface area (Å²) in [4.78, 5) is 23.9. The van der Waals surface area contributed by atoms with E-state index in [4.69, 9.17) is 14.5 Å². The number of ether oxygens (including phenoxy) is 2. The number of nitrogens with one attached hydrogen (secondary N) is 2. The minimum atomic E-state index is -0.502. The zero-order valence-corrected chi connectivity index (χ0v) is 22.9. The van der Waals surface area contributed by atoms with Gasteiger partial charge in [-0.3, -0.25) is 5.32 Å². The zero-order valence-electron chi connectivity index (χ0n) is 21.3. The van der Waals surface area contributed by atoms with E-state index in [1.54, 1.807) is 23.1 Å². The van der Waals surface area contributed by atoms with Crippen molar-refractivity contribution in [2.75, 3.05) is 48.4 Å². The molecule has 37 heavy (non-hydrogen) atoms. The largest absolute Gasteiger partial charge is 0.445 e. The van der Waals surface area contributed by atoms with Crippen LogP contribution in [-0.4, -0.2) is 49.0 Å². The number of amides is 1. The van der Waals surface area contributed by atoms with Crippen LogP contribution in [0.15, 0.2) is 52.7 Å². The molecule has 0 bridgehead atoms. The van der Waals surface area contributed by atoms with E-state index in [-0.39, 0.29) is 6.61 Å². The van der Waals surface area contributed by atoms with Crippen LogP contribution in [0.2, 0.25) is 0 Å². The normalized spacial score (nSPS) is 13.3. The topological polar surface area (TPSA) is 88.6 Å². The molecule has 0 unspecified atom stereocenters. The van der Waals surface area contributed by atoms with Crippen LogP contribution < -0.4 is 15.5 Å². The van der Waals surface area contributed by atoms with Gasteiger partial charge in [-0.15, -0.1) is 11.3 Å². The van der Waals surface area contributed by atoms with E-state index in [9.17, 15) is 4.79 Å². The molecule has 3 aromatic rings. The molecule has 2 N–H and O–H groups in total. The van der Waals surface area contributed by atoms with E-state index in [1.165, 1.54) is 6.08 Å². The first-order valence-corrected chi connectivity index (χ1v) is 14.2. The molecule has 0 spiro atoms. The number of hydrogen-bond donors (Lipinski definition) is 2. The van der Waals surface area contributed by atoms with Crippen LogP contribution in [0.5, 0.6) is 0 Å². The van der Waals surface area contributed by atoms with Crippen molar-refractivity contribution in [3.63, 3.8) is 0 Å². The highest BCUT2D eigenvalue weighted by Gasteiger charge is 2.15. The molecule has 3 heterocycles. The van der Waals surface area contributed by atoms with Crippen molar-refractivity contribution in [1.82, 2.24) is 9.97 Å². The van der Waals surface area contributed by atoms with Gasteiger partial charge in [0.05, 0.1) is 24.6 Å². The van der Waals surface area contributed by atoms with Crippen LogP contribution in [0, 0.1) is 6.92 Å². The first-order chi connectivity index (χ1) is 18.0. The van der Waals surface area contributed by atoms with Crippen molar-refractivity contribution >= 4 is 46.4 Å². The minimum Gasteiger partial charge on any atom is -0.445 e. The fourth-order valence-electron chi connectivity index (χ4n) is 3.91. The standard InChI is InChI=1S/C27H33N5O3S2/c1-4-8-35-26(33)30-22-12-19(3)11-20(13-22)16-28-25-15-24(32-6-9-34-10-7-32)14-23(29-25)18-37-27-31-21(5-2)17-36-27/h4,11-15,17H,1,5-10,16,18H2,2-3H3,(H,28,29)(H,30,33). The Morgan fingerprint density at radius 1 is 1.22 bits per heavy atom. The fraction of sp³-hybridized carbons (Fsp3) is 0.370. The summed E-state index contributed by atoms with van der Waals surface area (Å²) < 4.78 is 11.7. The molecule has 1 saturated heterocycles. The second-order valence-electron chi connectivity index (χ2n) is 8.62. The number of nitrogens with zero attached hydrogens (tertiary/aromatic N) is 3. The number of carbonyl (C=O) groups excluding carboxylic acids is 1. The third-order valence-corrected chi connectivity index (χ3v) is 7.77. The zero-order chi connectivity index (χ0) is 26.0. The van der Waals surface area contributed by atoms with Gasteiger partial charge in [0.25, 0.3) is 0 Å². The van der Waals surface area contributed by atoms with E-state index in [1.807, 2.05) is 19.1 Å². The predicted molar refractivity (Wildman–Crippen MR) is 152 cm³/mol. The highest BCUT2D eigenvalue weighted by molar-refractivity contribution is 8.00. The van der Waals surface area contributed by atoms with Gasteiger partial charge in [-0.25, -0.2) is 14.8 Å². The van der Waals surface area contributed by atoms with Crippen molar-refractivity contribution in [3.05, 3.63) is 70.9 Å². The Hall–Kier alpha value is -3.08. The molecule has 1 fully saturated rings. The summed E-state index contributed by atoms with van der Waals surface area (Å²) in [7, 11) is 0. The van der Waals surface area contributed by atoms with Crippen LogP contribution in [-0.2, 0) is 28.2 Å². The Morgan fingerprint density at radius 3 is 2.81 bits per heavy atom. The Balaban J connectivity index is 1.48. The molecular weight excluding hydrogens is 506 g/mol. The highest BCUT2D eigenvalue weighted by Crippen LogP contribution is 2.29. The summed E-state index contributed by atoms with van der Waals surface area (Å²) >= 11 is 3.41. The third-order valence-electron chi connectivity index (χ3n) is 5.67. The second kappa shape index (κ2) is 13.5. The van der Waals surface area contributed by atoms with Gasteiger partial charge in [-0.2, -0.15) is 0 Å². The Labute approximate surface area is 226 Å². The van der Waals surface area contributed by atoms with E-state index < -0.39 is 6.09 Å². The summed E-state index contributed by atoms with van der Waals surface area (Å²) in [6.07, 6.45) is 1.98. The summed E-state index contributed by atoms with van der Waals surface area (Å²) in [5.41, 5.74) is 6.03. The average molecular weight is 540 g/mol. The lowest BCUT2D eigenvalue weighted by atomic mass is 10.1. The Kier molecular flexibility index (Phi) is 9.81. The number of aromatic nitrogens is 2. The summed E-state index contributed by atoms with van der Waals surface area (Å²) in [6.45, 7) is 11.6. The molecule has 10 heteroatoms. The number of rotatable bonds is 11. The maximum atomic E-state index is 12.0. The molecular formula is C27H33N5O3S2. The molecule has 0 radical (unpaired) electrons. The van der Waals surface area contributed by atoms with Crippen molar-refractivity contribution in [2.45, 2.75) is 36.9 Å². The van der Waals surface area contributed by atoms with E-state index >= 15 is 0 Å². The molecule has 2 aromatic heterocycles. The molecule has 4 rings (SSSR count). The lowest BCUT2D eigenvalue weighted by Gasteiger charge is -2.29. The number of benzene rings is 1. The third kappa shape index (κ3) is 8.21. The van der Waals surface area contributed by atoms with Crippen molar-refractivity contribution < 1.29 is 14.3 Å². The van der Waals surface area contributed by atoms with Crippen LogP contribution in [0.4, 0.5) is 22.0 Å². The minimum absolute atomic E-state index is 0.167. The van der Waals surface area contributed by atoms with Gasteiger partial charge in [0.1, 0.15) is 16.8 Å². The average Bonchev–Trinajstić information content (AvgIpc) is 3.38. The number of thiazole rings is 1. The Bertz CT molecular complexity index is 1210. The van der Waals surface area contributed by atoms with Gasteiger partial charge in [-0.05, 0) is 42.7 Å². The molecule has 0 saturated carbocycles. The molecule has 1 aromatic carbocycles. The first kappa shape index (κ1) is 27.0. The molecule has 196 valence electrons. The van der Waals surface area contributed by atoms with Crippen molar-refractivity contribution in [1.29, 1.82) is 0 Å². The van der Waals surface area contributed by atoms with E-state index in [2.05, 4.69) is 57.6 Å². The molecule has 0 atom stereocenters. The molecule has 1 aliphatic heterocycles. The fourth-order valence-corrected chi connectivity index (χ4v) is 5.73. The van der Waals surface area contributed by atoms with Crippen molar-refractivity contribution in [3.8, 4) is 0 Å². The van der Waals surface area contributed by atoms with Crippen LogP contribution in [0.1, 0.15) is 29.4 Å². The summed E-state index contributed by atoms with van der Waals surface area (Å²) in [5.74, 6) is 1.56. The summed E-state index contributed by atoms with van der Waals surface area (Å²) in [6, 6.07) is 10.2. The quantitative estimate of drug-likeness (QED) is 0.231. The monoisotopic (exact) mass is 539 g/mol. The molecule has 0 aliphatic carbocycles. The number of carbonyl (C=O) groups is 1. The number of pyridine rings is 1. The number of morpholine rings is 1. The highest BCUT2D eigenvalue weighted by atomic mass is 32.2. The van der Waals surface area contributed by atoms with Crippen LogP contribution in [0.25, 0.3) is 0 Å². The first-order valence-electron chi connectivity index (χ1n) is 12.3. The molecule has 1 aliphatic rings. The van der Waals surface area contributed by atoms with Gasteiger partial charge >= 0.3 is 6.09 Å². The molecule has 1 amide bonds. The maximum absolute atomic E-state index is 12.0. The molecule has 8 nitrogen and oxygen atoms in total. The number of thioether (sulfide) groups is 1. The van der Waals surface area contributed by atoms with E-state index in [0.717, 1.165) is 76.8 Å². The van der Waals surface area contributed by atoms with Gasteiger partial charge in [-0.1, -0.05) is 37.4 Å². The van der Waals surface area contributed by atoms with Gasteiger partial charge in [0.15, 0.2) is 0 Å². The maximum Gasteiger partial charge on any atom is 0.411 e. The predicted octanol–water partition coefficient (Wildman–Crippen LogP) is 5.88. The van der Waals surface area contributed by atoms with Crippen LogP contribution >= 0.6 is 23.1 Å². The van der Waals surface area contributed by atoms with Gasteiger partial charge < -0.3 is 19.7 Å². The van der Waals surface area contributed by atoms with E-state index in [0.29, 0.717) is 12.2 Å². The van der Waals surface area contributed by atoms with Crippen LogP contribution in [0.3, 0.4) is 0 Å². The lowest BCUT2D eigenvalue weighted by Crippen LogP contribution is -2.36. The summed E-state index contributed by atoms with van der Waals surface area (Å²) in [5, 5.41) is 8.38. The smallest absolute Gasteiger partial charge is 0.411 e. The SMILES string of the molecule is C=CCOC(=O)Nc1cc(C)cc(CNc2cc(N3CCOCC3)cc(CSc3nc(CC)cs3)n2)c1. The van der Waals surface area contributed by atoms with Crippen molar-refractivity contribution in [2.24, 2.45) is 0 Å². The number of anilines is 3. The second-order valence-corrected chi connectivity index (χ2v) is 10.7. The number of aryl methyl sites for hydroxylation is 2. The van der Waals surface area contributed by atoms with Gasteiger partial charge in [0.2, 0.25) is 0 Å².